The topological polar surface area (TPSA) is 80.0 Å². The van der Waals surface area contributed by atoms with Gasteiger partial charge in [0.05, 0.1) is 0 Å². The Morgan fingerprint density at radius 3 is 3.00 bits per heavy atom. The quantitative estimate of drug-likeness (QED) is 0.526. The predicted molar refractivity (Wildman–Crippen MR) is 72.0 cm³/mol. The lowest BCUT2D eigenvalue weighted by Gasteiger charge is -2.13. The van der Waals surface area contributed by atoms with Gasteiger partial charge in [0.25, 0.3) is 5.91 Å². The van der Waals surface area contributed by atoms with Gasteiger partial charge in [0.2, 0.25) is 0 Å². The predicted octanol–water partition coefficient (Wildman–Crippen LogP) is 1.24. The molecule has 0 aliphatic carbocycles. The molecule has 1 unspecified atom stereocenters. The van der Waals surface area contributed by atoms with E-state index in [1.54, 1.807) is 30.0 Å². The van der Waals surface area contributed by atoms with E-state index in [0.29, 0.717) is 11.5 Å². The van der Waals surface area contributed by atoms with Gasteiger partial charge in [0.1, 0.15) is 11.5 Å². The Labute approximate surface area is 106 Å². The van der Waals surface area contributed by atoms with Crippen molar-refractivity contribution in [2.45, 2.75) is 19.4 Å². The fraction of sp³-hybridized carbons (Fsp3) is 0.455. The van der Waals surface area contributed by atoms with Crippen molar-refractivity contribution >= 4 is 23.5 Å². The minimum atomic E-state index is -0.171. The molecule has 1 atom stereocenters. The first-order valence-electron chi connectivity index (χ1n) is 5.41. The minimum absolute atomic E-state index is 0.145. The van der Waals surface area contributed by atoms with Crippen molar-refractivity contribution in [3.8, 4) is 0 Å². The van der Waals surface area contributed by atoms with Gasteiger partial charge < -0.3 is 10.7 Å². The zero-order chi connectivity index (χ0) is 12.7. The molecule has 0 saturated carbocycles. The monoisotopic (exact) mass is 254 g/mol. The van der Waals surface area contributed by atoms with Gasteiger partial charge in [-0.3, -0.25) is 4.79 Å². The number of aromatic nitrogens is 1. The van der Waals surface area contributed by atoms with Gasteiger partial charge in [0.15, 0.2) is 0 Å². The fourth-order valence-corrected chi connectivity index (χ4v) is 1.90. The highest BCUT2D eigenvalue weighted by atomic mass is 32.2. The van der Waals surface area contributed by atoms with Crippen LogP contribution in [0.25, 0.3) is 0 Å². The molecule has 0 fully saturated rings. The molecular weight excluding hydrogens is 236 g/mol. The molecular formula is C11H18N4OS. The van der Waals surface area contributed by atoms with E-state index < -0.39 is 0 Å². The number of amides is 1. The number of hydrogen-bond donors (Lipinski definition) is 3. The number of nitrogens with zero attached hydrogens (tertiary/aromatic N) is 1. The number of hydrazine groups is 1. The Balaban J connectivity index is 2.56. The molecule has 5 nitrogen and oxygen atoms in total. The average Bonchev–Trinajstić information content (AvgIpc) is 2.36. The Kier molecular flexibility index (Phi) is 5.79. The summed E-state index contributed by atoms with van der Waals surface area (Å²) < 4.78 is 0. The van der Waals surface area contributed by atoms with E-state index in [1.165, 1.54) is 0 Å². The maximum absolute atomic E-state index is 11.8. The molecule has 0 radical (unpaired) electrons. The number of anilines is 1. The highest BCUT2D eigenvalue weighted by molar-refractivity contribution is 7.98. The van der Waals surface area contributed by atoms with Crippen LogP contribution < -0.4 is 16.6 Å². The zero-order valence-corrected chi connectivity index (χ0v) is 10.9. The van der Waals surface area contributed by atoms with Crippen LogP contribution in [-0.2, 0) is 0 Å². The Bertz CT molecular complexity index is 372. The Morgan fingerprint density at radius 2 is 2.35 bits per heavy atom. The molecule has 4 N–H and O–H groups in total. The van der Waals surface area contributed by atoms with Crippen LogP contribution in [0.4, 0.5) is 5.82 Å². The van der Waals surface area contributed by atoms with Crippen LogP contribution in [0.15, 0.2) is 18.2 Å². The highest BCUT2D eigenvalue weighted by Gasteiger charge is 2.10. The molecule has 94 valence electrons. The Hall–Kier alpha value is -1.27. The Morgan fingerprint density at radius 1 is 1.59 bits per heavy atom. The maximum Gasteiger partial charge on any atom is 0.270 e. The number of thioether (sulfide) groups is 1. The summed E-state index contributed by atoms with van der Waals surface area (Å²) >= 11 is 1.77. The summed E-state index contributed by atoms with van der Waals surface area (Å²) in [5, 5.41) is 2.90. The summed E-state index contributed by atoms with van der Waals surface area (Å²) in [7, 11) is 0. The van der Waals surface area contributed by atoms with E-state index in [9.17, 15) is 4.79 Å². The van der Waals surface area contributed by atoms with Crippen LogP contribution in [0, 0.1) is 0 Å². The summed E-state index contributed by atoms with van der Waals surface area (Å²) in [5.74, 6) is 6.58. The molecule has 1 aromatic rings. The molecule has 6 heteroatoms. The molecule has 17 heavy (non-hydrogen) atoms. The van der Waals surface area contributed by atoms with E-state index in [4.69, 9.17) is 5.84 Å². The first-order chi connectivity index (χ1) is 8.17. The number of hydrogen-bond acceptors (Lipinski definition) is 5. The van der Waals surface area contributed by atoms with Gasteiger partial charge in [-0.15, -0.1) is 0 Å². The summed E-state index contributed by atoms with van der Waals surface area (Å²) in [6.45, 7) is 1.99. The van der Waals surface area contributed by atoms with Gasteiger partial charge in [0, 0.05) is 6.04 Å². The molecule has 0 saturated heterocycles. The standard InChI is InChI=1S/C11H18N4OS/c1-8(6-7-17-2)13-11(16)9-4-3-5-10(14-9)15-12/h3-5,8H,6-7,12H2,1-2H3,(H,13,16)(H,14,15). The zero-order valence-electron chi connectivity index (χ0n) is 10.1. The lowest BCUT2D eigenvalue weighted by molar-refractivity contribution is 0.0934. The number of rotatable bonds is 6. The van der Waals surface area contributed by atoms with Crippen LogP contribution in [0.2, 0.25) is 0 Å². The van der Waals surface area contributed by atoms with E-state index in [0.717, 1.165) is 12.2 Å². The van der Waals surface area contributed by atoms with Gasteiger partial charge >= 0.3 is 0 Å². The highest BCUT2D eigenvalue weighted by Crippen LogP contribution is 2.05. The SMILES string of the molecule is CSCCC(C)NC(=O)c1cccc(NN)n1. The van der Waals surface area contributed by atoms with Crippen molar-refractivity contribution in [3.05, 3.63) is 23.9 Å². The first kappa shape index (κ1) is 13.8. The molecule has 0 aliphatic rings. The number of nitrogen functional groups attached to an aromatic ring is 1. The van der Waals surface area contributed by atoms with Crippen LogP contribution >= 0.6 is 11.8 Å². The van der Waals surface area contributed by atoms with Crippen molar-refractivity contribution in [2.75, 3.05) is 17.4 Å². The van der Waals surface area contributed by atoms with E-state index >= 15 is 0 Å². The van der Waals surface area contributed by atoms with Crippen LogP contribution in [0.5, 0.6) is 0 Å². The van der Waals surface area contributed by atoms with E-state index in [-0.39, 0.29) is 11.9 Å². The molecule has 1 amide bonds. The smallest absolute Gasteiger partial charge is 0.270 e. The summed E-state index contributed by atoms with van der Waals surface area (Å²) in [6, 6.07) is 5.25. The van der Waals surface area contributed by atoms with Crippen molar-refractivity contribution in [1.29, 1.82) is 0 Å². The summed E-state index contributed by atoms with van der Waals surface area (Å²) in [5.41, 5.74) is 2.79. The van der Waals surface area contributed by atoms with E-state index in [1.807, 2.05) is 13.2 Å². The normalized spacial score (nSPS) is 11.9. The summed E-state index contributed by atoms with van der Waals surface area (Å²) in [6.07, 6.45) is 2.99. The van der Waals surface area contributed by atoms with Crippen LogP contribution in [-0.4, -0.2) is 28.9 Å². The third-order valence-corrected chi connectivity index (χ3v) is 2.91. The number of carbonyl (C=O) groups is 1. The number of nitrogens with two attached hydrogens (primary N) is 1. The second kappa shape index (κ2) is 7.13. The molecule has 0 aliphatic heterocycles. The van der Waals surface area contributed by atoms with Gasteiger partial charge in [-0.05, 0) is 37.5 Å². The number of carbonyl (C=O) groups excluding carboxylic acids is 1. The molecule has 1 rings (SSSR count). The van der Waals surface area contributed by atoms with Crippen molar-refractivity contribution in [1.82, 2.24) is 10.3 Å². The summed E-state index contributed by atoms with van der Waals surface area (Å²) in [4.78, 5) is 15.9. The van der Waals surface area contributed by atoms with Crippen molar-refractivity contribution < 1.29 is 4.79 Å². The number of pyridine rings is 1. The van der Waals surface area contributed by atoms with Crippen LogP contribution in [0.3, 0.4) is 0 Å². The maximum atomic E-state index is 11.8. The van der Waals surface area contributed by atoms with Crippen molar-refractivity contribution in [2.24, 2.45) is 5.84 Å². The van der Waals surface area contributed by atoms with Gasteiger partial charge in [-0.25, -0.2) is 10.8 Å². The molecule has 0 spiro atoms. The lowest BCUT2D eigenvalue weighted by Crippen LogP contribution is -2.33. The molecule has 0 aromatic carbocycles. The first-order valence-corrected chi connectivity index (χ1v) is 6.80. The molecule has 1 aromatic heterocycles. The van der Waals surface area contributed by atoms with Gasteiger partial charge in [-0.2, -0.15) is 11.8 Å². The fourth-order valence-electron chi connectivity index (χ4n) is 1.31. The molecule has 0 bridgehead atoms. The van der Waals surface area contributed by atoms with Gasteiger partial charge in [-0.1, -0.05) is 6.07 Å². The van der Waals surface area contributed by atoms with Crippen molar-refractivity contribution in [3.63, 3.8) is 0 Å². The minimum Gasteiger partial charge on any atom is -0.348 e. The lowest BCUT2D eigenvalue weighted by atomic mass is 10.2. The second-order valence-electron chi connectivity index (χ2n) is 3.71. The third-order valence-electron chi connectivity index (χ3n) is 2.26. The van der Waals surface area contributed by atoms with Crippen LogP contribution in [0.1, 0.15) is 23.8 Å². The largest absolute Gasteiger partial charge is 0.348 e. The van der Waals surface area contributed by atoms with E-state index in [2.05, 4.69) is 15.7 Å². The average molecular weight is 254 g/mol. The second-order valence-corrected chi connectivity index (χ2v) is 4.69. The third kappa shape index (κ3) is 4.62. The number of nitrogens with one attached hydrogen (secondary N) is 2. The molecule has 1 heterocycles.